The molecule has 0 aliphatic carbocycles. The zero-order valence-electron chi connectivity index (χ0n) is 15.4. The van der Waals surface area contributed by atoms with Crippen LogP contribution in [0, 0.1) is 6.92 Å². The van der Waals surface area contributed by atoms with E-state index in [4.69, 9.17) is 0 Å². The molecule has 0 aliphatic rings. The largest absolute Gasteiger partial charge is 0.417 e. The first kappa shape index (κ1) is 23.0. The average Bonchev–Trinajstić information content (AvgIpc) is 2.59. The molecule has 0 aromatic carbocycles. The maximum Gasteiger partial charge on any atom is 0.417 e. The lowest BCUT2D eigenvalue weighted by Crippen LogP contribution is -2.23. The molecule has 0 saturated carbocycles. The average molecular weight is 437 g/mol. The molecule has 2 aromatic rings. The molecule has 0 atom stereocenters. The monoisotopic (exact) mass is 437 g/mol. The lowest BCUT2D eigenvalue weighted by atomic mass is 10.0. The second kappa shape index (κ2) is 9.02. The van der Waals surface area contributed by atoms with E-state index in [0.29, 0.717) is 17.5 Å². The van der Waals surface area contributed by atoms with Crippen LogP contribution in [0.3, 0.4) is 0 Å². The van der Waals surface area contributed by atoms with Gasteiger partial charge < -0.3 is 5.32 Å². The normalized spacial score (nSPS) is 12.1. The maximum atomic E-state index is 12.9. The van der Waals surface area contributed by atoms with Crippen LogP contribution in [0.2, 0.25) is 0 Å². The molecule has 2 rings (SSSR count). The molecule has 0 fully saturated rings. The number of anilines is 1. The van der Waals surface area contributed by atoms with Crippen LogP contribution in [0.25, 0.3) is 0 Å². The molecule has 29 heavy (non-hydrogen) atoms. The number of hydrogen-bond acceptors (Lipinski definition) is 5. The zero-order valence-corrected chi connectivity index (χ0v) is 16.2. The van der Waals surface area contributed by atoms with Crippen molar-refractivity contribution < 1.29 is 31.1 Å². The van der Waals surface area contributed by atoms with Crippen molar-refractivity contribution in [1.82, 2.24) is 9.97 Å². The Bertz CT molecular complexity index is 883. The summed E-state index contributed by atoms with van der Waals surface area (Å²) in [6.07, 6.45) is -7.52. The molecule has 158 valence electrons. The van der Waals surface area contributed by atoms with Gasteiger partial charge in [-0.1, -0.05) is 13.0 Å². The summed E-state index contributed by atoms with van der Waals surface area (Å²) in [4.78, 5) is 20.3. The molecule has 4 nitrogen and oxygen atoms in total. The highest BCUT2D eigenvalue weighted by atomic mass is 32.2. The van der Waals surface area contributed by atoms with Crippen LogP contribution < -0.4 is 5.32 Å². The van der Waals surface area contributed by atoms with Crippen molar-refractivity contribution in [1.29, 1.82) is 0 Å². The summed E-state index contributed by atoms with van der Waals surface area (Å²) >= 11 is 1.03. The topological polar surface area (TPSA) is 54.9 Å². The molecule has 11 heteroatoms. The minimum absolute atomic E-state index is 0.0673. The fourth-order valence-electron chi connectivity index (χ4n) is 2.44. The van der Waals surface area contributed by atoms with Crippen LogP contribution in [-0.4, -0.2) is 34.2 Å². The van der Waals surface area contributed by atoms with Gasteiger partial charge in [0.05, 0.1) is 5.56 Å². The predicted molar refractivity (Wildman–Crippen MR) is 97.2 cm³/mol. The minimum Gasteiger partial charge on any atom is -0.361 e. The lowest BCUT2D eigenvalue weighted by molar-refractivity contribution is -0.138. The van der Waals surface area contributed by atoms with Gasteiger partial charge in [-0.05, 0) is 24.3 Å². The summed E-state index contributed by atoms with van der Waals surface area (Å²) in [5.41, 5.74) is -0.315. The zero-order chi connectivity index (χ0) is 21.8. The van der Waals surface area contributed by atoms with Crippen molar-refractivity contribution in [2.45, 2.75) is 37.5 Å². The van der Waals surface area contributed by atoms with E-state index >= 15 is 0 Å². The summed E-state index contributed by atoms with van der Waals surface area (Å²) in [6.45, 7) is 2.03. The molecule has 0 unspecified atom stereocenters. The molecule has 2 aromatic heterocycles. The Kier molecular flexibility index (Phi) is 7.15. The first-order valence-electron chi connectivity index (χ1n) is 8.40. The number of nitrogens with one attached hydrogen (secondary N) is 1. The third-order valence-electron chi connectivity index (χ3n) is 3.65. The molecule has 0 radical (unpaired) electrons. The molecule has 2 heterocycles. The van der Waals surface area contributed by atoms with Crippen LogP contribution in [0.4, 0.5) is 32.2 Å². The molecule has 0 bridgehead atoms. The van der Waals surface area contributed by atoms with Crippen LogP contribution >= 0.6 is 11.8 Å². The number of pyridine rings is 2. The fourth-order valence-corrected chi connectivity index (χ4v) is 3.26. The van der Waals surface area contributed by atoms with Gasteiger partial charge in [0.2, 0.25) is 0 Å². The van der Waals surface area contributed by atoms with Gasteiger partial charge in [-0.3, -0.25) is 9.78 Å². The number of hydrogen-bond donors (Lipinski definition) is 1. The third kappa shape index (κ3) is 6.62. The summed E-state index contributed by atoms with van der Waals surface area (Å²) in [6, 6.07) is 2.35. The third-order valence-corrected chi connectivity index (χ3v) is 4.57. The molecular weight excluding hydrogens is 420 g/mol. The summed E-state index contributed by atoms with van der Waals surface area (Å²) in [7, 11) is 0. The number of halogens is 6. The van der Waals surface area contributed by atoms with Crippen LogP contribution in [0.5, 0.6) is 0 Å². The number of thioether (sulfide) groups is 1. The second-order valence-electron chi connectivity index (χ2n) is 6.09. The van der Waals surface area contributed by atoms with E-state index in [2.05, 4.69) is 15.3 Å². The number of carbonyl (C=O) groups excluding carboxylic acids is 1. The number of carbonyl (C=O) groups is 1. The molecule has 0 amide bonds. The quantitative estimate of drug-likeness (QED) is 0.361. The van der Waals surface area contributed by atoms with Crippen LogP contribution in [0.1, 0.15) is 34.1 Å². The van der Waals surface area contributed by atoms with Crippen LogP contribution in [-0.2, 0) is 12.6 Å². The van der Waals surface area contributed by atoms with Gasteiger partial charge >= 0.3 is 12.4 Å². The van der Waals surface area contributed by atoms with E-state index in [1.807, 2.05) is 0 Å². The SMILES string of the molecule is CCSc1cc(C(F)(F)F)cnc1C(=O)Cc1cc(C)cnc1NCC(F)(F)F. The summed E-state index contributed by atoms with van der Waals surface area (Å²) in [5.74, 6) is -0.316. The van der Waals surface area contributed by atoms with E-state index in [-0.39, 0.29) is 28.4 Å². The van der Waals surface area contributed by atoms with E-state index in [1.54, 1.807) is 13.8 Å². The Morgan fingerprint density at radius 3 is 2.38 bits per heavy atom. The van der Waals surface area contributed by atoms with Gasteiger partial charge in [-0.15, -0.1) is 11.8 Å². The number of aromatic nitrogens is 2. The predicted octanol–water partition coefficient (Wildman–Crippen LogP) is 5.32. The standard InChI is InChI=1S/C18H17F6N3OS/c1-3-29-14-6-12(18(22,23)24)8-25-15(14)13(28)5-11-4-10(2)7-26-16(11)27-9-17(19,20)21/h4,6-8H,3,5,9H2,1-2H3,(H,26,27). The van der Waals surface area contributed by atoms with Gasteiger partial charge in [0, 0.05) is 29.3 Å². The summed E-state index contributed by atoms with van der Waals surface area (Å²) < 4.78 is 76.2. The van der Waals surface area contributed by atoms with E-state index in [0.717, 1.165) is 17.8 Å². The minimum atomic E-state index is -4.60. The van der Waals surface area contributed by atoms with E-state index in [9.17, 15) is 31.1 Å². The van der Waals surface area contributed by atoms with Crippen molar-refractivity contribution in [2.24, 2.45) is 0 Å². The van der Waals surface area contributed by atoms with E-state index in [1.165, 1.54) is 12.3 Å². The number of alkyl halides is 6. The molecule has 0 saturated heterocycles. The van der Waals surface area contributed by atoms with Gasteiger partial charge in [-0.25, -0.2) is 4.98 Å². The first-order valence-corrected chi connectivity index (χ1v) is 9.38. The van der Waals surface area contributed by atoms with Crippen molar-refractivity contribution in [2.75, 3.05) is 17.6 Å². The Labute approximate surface area is 167 Å². The van der Waals surface area contributed by atoms with E-state index < -0.39 is 30.2 Å². The highest BCUT2D eigenvalue weighted by Gasteiger charge is 2.32. The molecule has 1 N–H and O–H groups in total. The van der Waals surface area contributed by atoms with Crippen molar-refractivity contribution >= 4 is 23.4 Å². The van der Waals surface area contributed by atoms with Crippen molar-refractivity contribution in [3.63, 3.8) is 0 Å². The second-order valence-corrected chi connectivity index (χ2v) is 7.40. The number of aryl methyl sites for hydroxylation is 1. The Morgan fingerprint density at radius 2 is 1.79 bits per heavy atom. The van der Waals surface area contributed by atoms with Crippen molar-refractivity contribution in [3.8, 4) is 0 Å². The smallest absolute Gasteiger partial charge is 0.361 e. The van der Waals surface area contributed by atoms with Gasteiger partial charge in [0.15, 0.2) is 5.78 Å². The Morgan fingerprint density at radius 1 is 1.10 bits per heavy atom. The number of rotatable bonds is 7. The number of ketones is 1. The van der Waals surface area contributed by atoms with Gasteiger partial charge in [-0.2, -0.15) is 26.3 Å². The first-order chi connectivity index (χ1) is 13.4. The van der Waals surface area contributed by atoms with Crippen molar-refractivity contribution in [3.05, 3.63) is 46.9 Å². The Hall–Kier alpha value is -2.30. The van der Waals surface area contributed by atoms with Gasteiger partial charge in [0.25, 0.3) is 0 Å². The molecular formula is C18H17F6N3OS. The van der Waals surface area contributed by atoms with Gasteiger partial charge in [0.1, 0.15) is 18.1 Å². The van der Waals surface area contributed by atoms with Crippen LogP contribution in [0.15, 0.2) is 29.4 Å². The summed E-state index contributed by atoms with van der Waals surface area (Å²) in [5, 5.41) is 2.14. The molecule has 0 spiro atoms. The fraction of sp³-hybridized carbons (Fsp3) is 0.389. The number of Topliss-reactive ketones (excluding diaryl/α,β-unsaturated/α-hetero) is 1. The highest BCUT2D eigenvalue weighted by Crippen LogP contribution is 2.33. The Balaban J connectivity index is 2.33. The number of nitrogens with zero attached hydrogens (tertiary/aromatic N) is 2. The molecule has 0 aliphatic heterocycles. The lowest BCUT2D eigenvalue weighted by Gasteiger charge is -2.14. The maximum absolute atomic E-state index is 12.9. The highest BCUT2D eigenvalue weighted by molar-refractivity contribution is 7.99.